The molecule has 3 aromatic rings. The summed E-state index contributed by atoms with van der Waals surface area (Å²) in [5.74, 6) is 0.432. The highest BCUT2D eigenvalue weighted by atomic mass is 32.2. The Bertz CT molecular complexity index is 1260. The lowest BCUT2D eigenvalue weighted by atomic mass is 10.1. The molecule has 0 atom stereocenters. The number of halogens is 4. The van der Waals surface area contributed by atoms with Crippen molar-refractivity contribution in [2.75, 3.05) is 23.4 Å². The average Bonchev–Trinajstić information content (AvgIpc) is 2.66. The minimum Gasteiger partial charge on any atom is -0.482 e. The molecule has 164 valence electrons. The number of fused-ring (bicyclic) bond motifs is 1. The maximum atomic E-state index is 13.6. The van der Waals surface area contributed by atoms with Crippen molar-refractivity contribution in [1.82, 2.24) is 9.97 Å². The number of hydrogen-bond donors (Lipinski definition) is 1. The summed E-state index contributed by atoms with van der Waals surface area (Å²) in [5, 5.41) is 3.52. The highest BCUT2D eigenvalue weighted by Crippen LogP contribution is 2.34. The third-order valence-corrected chi connectivity index (χ3v) is 7.10. The molecule has 1 aliphatic heterocycles. The van der Waals surface area contributed by atoms with Crippen molar-refractivity contribution < 1.29 is 26.5 Å². The van der Waals surface area contributed by atoms with Crippen molar-refractivity contribution >= 4 is 37.8 Å². The molecule has 6 nitrogen and oxygen atoms in total. The summed E-state index contributed by atoms with van der Waals surface area (Å²) in [6.07, 6.45) is -2.39. The van der Waals surface area contributed by atoms with Gasteiger partial charge in [0.1, 0.15) is 23.7 Å². The molecule has 2 aromatic carbocycles. The monoisotopic (exact) mass is 454 g/mol. The number of nitrogens with zero attached hydrogens (tertiary/aromatic N) is 3. The van der Waals surface area contributed by atoms with Crippen LogP contribution in [-0.4, -0.2) is 38.5 Å². The predicted molar refractivity (Wildman–Crippen MR) is 110 cm³/mol. The second-order valence-electron chi connectivity index (χ2n) is 7.17. The molecule has 0 unspecified atom stereocenters. The fourth-order valence-corrected chi connectivity index (χ4v) is 4.66. The van der Waals surface area contributed by atoms with Crippen LogP contribution in [-0.2, 0) is 9.73 Å². The minimum atomic E-state index is -4.57. The van der Waals surface area contributed by atoms with E-state index in [4.69, 9.17) is 4.74 Å². The van der Waals surface area contributed by atoms with Crippen molar-refractivity contribution in [1.29, 1.82) is 0 Å². The van der Waals surface area contributed by atoms with Gasteiger partial charge in [-0.25, -0.2) is 18.6 Å². The Morgan fingerprint density at radius 2 is 1.97 bits per heavy atom. The Labute approximate surface area is 175 Å². The van der Waals surface area contributed by atoms with Gasteiger partial charge in [-0.1, -0.05) is 0 Å². The molecule has 1 saturated heterocycles. The van der Waals surface area contributed by atoms with Crippen LogP contribution in [0.4, 0.5) is 34.8 Å². The number of rotatable bonds is 5. The standard InChI is InChI=1S/C20H18F4N4O2S/c1-12-7-14(28-31(29)5-2-6-31)9-16-18(12)19(26-11-25-16)27-15-4-3-13(21)8-17(15)30-10-20(22,23)24/h3-4,7-9,11H,2,5-6,10H2,1H3,(H,25,26,27). The first kappa shape index (κ1) is 21.3. The number of ether oxygens (including phenoxy) is 1. The molecule has 0 radical (unpaired) electrons. The molecule has 0 bridgehead atoms. The van der Waals surface area contributed by atoms with Crippen molar-refractivity contribution in [3.8, 4) is 5.75 Å². The SMILES string of the molecule is Cc1cc(N=S2(=O)CCC2)cc2ncnc(Nc3ccc(F)cc3OCC(F)(F)F)c12. The summed E-state index contributed by atoms with van der Waals surface area (Å²) in [4.78, 5) is 8.43. The van der Waals surface area contributed by atoms with Crippen LogP contribution in [0.2, 0.25) is 0 Å². The maximum Gasteiger partial charge on any atom is 0.422 e. The fourth-order valence-electron chi connectivity index (χ4n) is 3.20. The molecular weight excluding hydrogens is 436 g/mol. The summed E-state index contributed by atoms with van der Waals surface area (Å²) < 4.78 is 72.8. The van der Waals surface area contributed by atoms with Crippen molar-refractivity contribution in [3.05, 3.63) is 48.0 Å². The number of nitrogens with one attached hydrogen (secondary N) is 1. The van der Waals surface area contributed by atoms with E-state index in [2.05, 4.69) is 19.6 Å². The van der Waals surface area contributed by atoms with Gasteiger partial charge in [0, 0.05) is 23.0 Å². The first-order valence-corrected chi connectivity index (χ1v) is 11.2. The van der Waals surface area contributed by atoms with Crippen LogP contribution in [0.1, 0.15) is 12.0 Å². The lowest BCUT2D eigenvalue weighted by molar-refractivity contribution is -0.153. The molecule has 2 heterocycles. The third-order valence-electron chi connectivity index (χ3n) is 4.71. The molecule has 4 rings (SSSR count). The van der Waals surface area contributed by atoms with Crippen molar-refractivity contribution in [3.63, 3.8) is 0 Å². The van der Waals surface area contributed by atoms with Crippen LogP contribution in [0.5, 0.6) is 5.75 Å². The lowest BCUT2D eigenvalue weighted by Gasteiger charge is -2.18. The van der Waals surface area contributed by atoms with Gasteiger partial charge in [-0.15, -0.1) is 0 Å². The molecule has 0 aliphatic carbocycles. The van der Waals surface area contributed by atoms with Gasteiger partial charge in [0.25, 0.3) is 0 Å². The minimum absolute atomic E-state index is 0.122. The van der Waals surface area contributed by atoms with Crippen molar-refractivity contribution in [2.24, 2.45) is 4.36 Å². The Morgan fingerprint density at radius 3 is 2.65 bits per heavy atom. The Morgan fingerprint density at radius 1 is 1.19 bits per heavy atom. The number of anilines is 2. The number of aromatic nitrogens is 2. The smallest absolute Gasteiger partial charge is 0.422 e. The summed E-state index contributed by atoms with van der Waals surface area (Å²) in [5.41, 5.74) is 1.94. The van der Waals surface area contributed by atoms with Crippen molar-refractivity contribution in [2.45, 2.75) is 19.5 Å². The van der Waals surface area contributed by atoms with Gasteiger partial charge < -0.3 is 10.1 Å². The van der Waals surface area contributed by atoms with Crippen LogP contribution >= 0.6 is 0 Å². The van der Waals surface area contributed by atoms with E-state index in [1.165, 1.54) is 12.4 Å². The molecule has 31 heavy (non-hydrogen) atoms. The van der Waals surface area contributed by atoms with E-state index in [0.29, 0.717) is 33.9 Å². The van der Waals surface area contributed by atoms with E-state index in [1.54, 1.807) is 19.1 Å². The van der Waals surface area contributed by atoms with Gasteiger partial charge in [-0.05, 0) is 43.2 Å². The van der Waals surface area contributed by atoms with E-state index in [0.717, 1.165) is 24.1 Å². The normalized spacial score (nSPS) is 15.4. The molecule has 1 aliphatic rings. The number of benzene rings is 2. The molecule has 1 N–H and O–H groups in total. The second-order valence-corrected chi connectivity index (χ2v) is 9.72. The molecular formula is C20H18F4N4O2S. The van der Waals surface area contributed by atoms with E-state index >= 15 is 0 Å². The van der Waals surface area contributed by atoms with E-state index < -0.39 is 28.3 Å². The molecule has 0 spiro atoms. The van der Waals surface area contributed by atoms with Gasteiger partial charge in [-0.3, -0.25) is 0 Å². The van der Waals surface area contributed by atoms with Crippen LogP contribution in [0.3, 0.4) is 0 Å². The maximum absolute atomic E-state index is 13.6. The first-order chi connectivity index (χ1) is 14.6. The number of aryl methyl sites for hydroxylation is 1. The largest absolute Gasteiger partial charge is 0.482 e. The number of alkyl halides is 3. The van der Waals surface area contributed by atoms with E-state index in [9.17, 15) is 21.8 Å². The van der Waals surface area contributed by atoms with Gasteiger partial charge in [0.2, 0.25) is 0 Å². The van der Waals surface area contributed by atoms with Crippen LogP contribution < -0.4 is 10.1 Å². The number of hydrogen-bond acceptors (Lipinski definition) is 6. The van der Waals surface area contributed by atoms with Gasteiger partial charge in [-0.2, -0.15) is 17.5 Å². The predicted octanol–water partition coefficient (Wildman–Crippen LogP) is 5.27. The zero-order chi connectivity index (χ0) is 22.2. The molecule has 0 amide bonds. The highest BCUT2D eigenvalue weighted by molar-refractivity contribution is 7.95. The van der Waals surface area contributed by atoms with E-state index in [1.807, 2.05) is 0 Å². The van der Waals surface area contributed by atoms with Crippen LogP contribution in [0.25, 0.3) is 10.9 Å². The summed E-state index contributed by atoms with van der Waals surface area (Å²) in [6.45, 7) is 0.244. The van der Waals surface area contributed by atoms with Gasteiger partial charge >= 0.3 is 6.18 Å². The first-order valence-electron chi connectivity index (χ1n) is 9.36. The second kappa shape index (κ2) is 7.95. The summed E-state index contributed by atoms with van der Waals surface area (Å²) >= 11 is 0. The highest BCUT2D eigenvalue weighted by Gasteiger charge is 2.29. The topological polar surface area (TPSA) is 76.5 Å². The Balaban J connectivity index is 1.71. The van der Waals surface area contributed by atoms with E-state index in [-0.39, 0.29) is 11.4 Å². The van der Waals surface area contributed by atoms with Gasteiger partial charge in [0.15, 0.2) is 6.61 Å². The lowest BCUT2D eigenvalue weighted by Crippen LogP contribution is -2.22. The van der Waals surface area contributed by atoms with Gasteiger partial charge in [0.05, 0.1) is 26.6 Å². The Kier molecular flexibility index (Phi) is 5.46. The zero-order valence-electron chi connectivity index (χ0n) is 16.4. The third kappa shape index (κ3) is 4.87. The molecule has 1 aromatic heterocycles. The molecule has 0 saturated carbocycles. The summed E-state index contributed by atoms with van der Waals surface area (Å²) in [7, 11) is -2.19. The van der Waals surface area contributed by atoms with Crippen LogP contribution in [0.15, 0.2) is 41.0 Å². The fraction of sp³-hybridized carbons (Fsp3) is 0.300. The Hall–Kier alpha value is -2.95. The molecule has 11 heteroatoms. The summed E-state index contributed by atoms with van der Waals surface area (Å²) in [6, 6.07) is 6.69. The average molecular weight is 454 g/mol. The van der Waals surface area contributed by atoms with Crippen LogP contribution in [0, 0.1) is 12.7 Å². The molecule has 1 fully saturated rings. The quantitative estimate of drug-likeness (QED) is 0.532. The zero-order valence-corrected chi connectivity index (χ0v) is 17.2.